The van der Waals surface area contributed by atoms with Gasteiger partial charge >= 0.3 is 0 Å². The fraction of sp³-hybridized carbons (Fsp3) is 1.00. The highest BCUT2D eigenvalue weighted by Crippen LogP contribution is 2.09. The van der Waals surface area contributed by atoms with Crippen LogP contribution in [-0.2, 0) is 9.47 Å². The number of hydrogen-bond donors (Lipinski definition) is 1. The summed E-state index contributed by atoms with van der Waals surface area (Å²) < 4.78 is 10.6. The number of morpholine rings is 1. The maximum Gasteiger partial charge on any atom is 0.0674 e. The van der Waals surface area contributed by atoms with Crippen LogP contribution >= 0.6 is 0 Å². The normalized spacial score (nSPS) is 28.2. The molecule has 2 atom stereocenters. The molecule has 0 aromatic carbocycles. The summed E-state index contributed by atoms with van der Waals surface area (Å²) in [5.74, 6) is 0. The van der Waals surface area contributed by atoms with Gasteiger partial charge in [-0.3, -0.25) is 4.90 Å². The Morgan fingerprint density at radius 2 is 2.20 bits per heavy atom. The van der Waals surface area contributed by atoms with Gasteiger partial charge in [-0.2, -0.15) is 0 Å². The van der Waals surface area contributed by atoms with Crippen molar-refractivity contribution in [3.63, 3.8) is 0 Å². The first-order chi connectivity index (χ1) is 7.24. The first kappa shape index (κ1) is 12.9. The standard InChI is InChI=1S/C11H24N2O2/c1-10-9-15-11(2)8-13(10)6-4-12-5-7-14-3/h10-12H,4-9H2,1-3H3. The van der Waals surface area contributed by atoms with Crippen LogP contribution in [-0.4, -0.2) is 63.5 Å². The summed E-state index contributed by atoms with van der Waals surface area (Å²) in [6.45, 7) is 10.1. The van der Waals surface area contributed by atoms with E-state index in [-0.39, 0.29) is 0 Å². The third-order valence-electron chi connectivity index (χ3n) is 2.80. The summed E-state index contributed by atoms with van der Waals surface area (Å²) in [4.78, 5) is 2.48. The van der Waals surface area contributed by atoms with Crippen LogP contribution in [0.3, 0.4) is 0 Å². The van der Waals surface area contributed by atoms with Crippen LogP contribution in [0.1, 0.15) is 13.8 Å². The molecule has 1 saturated heterocycles. The van der Waals surface area contributed by atoms with Gasteiger partial charge in [-0.25, -0.2) is 0 Å². The molecule has 2 unspecified atom stereocenters. The van der Waals surface area contributed by atoms with Crippen molar-refractivity contribution in [2.75, 3.05) is 46.5 Å². The van der Waals surface area contributed by atoms with Crippen molar-refractivity contribution in [1.29, 1.82) is 0 Å². The number of rotatable bonds is 6. The van der Waals surface area contributed by atoms with Crippen LogP contribution in [0.5, 0.6) is 0 Å². The highest BCUT2D eigenvalue weighted by atomic mass is 16.5. The number of hydrogen-bond acceptors (Lipinski definition) is 4. The van der Waals surface area contributed by atoms with Gasteiger partial charge in [-0.1, -0.05) is 0 Å². The van der Waals surface area contributed by atoms with Gasteiger partial charge in [0.25, 0.3) is 0 Å². The van der Waals surface area contributed by atoms with E-state index in [4.69, 9.17) is 9.47 Å². The minimum Gasteiger partial charge on any atom is -0.383 e. The zero-order valence-corrected chi connectivity index (χ0v) is 10.2. The first-order valence-corrected chi connectivity index (χ1v) is 5.79. The first-order valence-electron chi connectivity index (χ1n) is 5.79. The Hall–Kier alpha value is -0.160. The predicted octanol–water partition coefficient (Wildman–Crippen LogP) is 0.332. The minimum absolute atomic E-state index is 0.375. The van der Waals surface area contributed by atoms with Gasteiger partial charge in [0, 0.05) is 39.3 Å². The van der Waals surface area contributed by atoms with Gasteiger partial charge in [0.1, 0.15) is 0 Å². The second kappa shape index (κ2) is 7.17. The maximum atomic E-state index is 5.58. The zero-order chi connectivity index (χ0) is 11.1. The van der Waals surface area contributed by atoms with E-state index in [1.165, 1.54) is 0 Å². The van der Waals surface area contributed by atoms with E-state index in [2.05, 4.69) is 24.1 Å². The Balaban J connectivity index is 2.08. The lowest BCUT2D eigenvalue weighted by molar-refractivity contribution is -0.0486. The van der Waals surface area contributed by atoms with Crippen LogP contribution in [0, 0.1) is 0 Å². The van der Waals surface area contributed by atoms with E-state index in [0.29, 0.717) is 12.1 Å². The molecule has 0 saturated carbocycles. The molecule has 0 aromatic rings. The monoisotopic (exact) mass is 216 g/mol. The molecule has 0 bridgehead atoms. The van der Waals surface area contributed by atoms with Gasteiger partial charge in [-0.05, 0) is 13.8 Å². The number of methoxy groups -OCH3 is 1. The molecule has 15 heavy (non-hydrogen) atoms. The molecule has 0 spiro atoms. The predicted molar refractivity (Wildman–Crippen MR) is 61.2 cm³/mol. The van der Waals surface area contributed by atoms with Crippen molar-refractivity contribution < 1.29 is 9.47 Å². The smallest absolute Gasteiger partial charge is 0.0674 e. The Bertz CT molecular complexity index is 167. The average Bonchev–Trinajstić information content (AvgIpc) is 2.23. The number of ether oxygens (including phenoxy) is 2. The highest BCUT2D eigenvalue weighted by molar-refractivity contribution is 4.75. The van der Waals surface area contributed by atoms with Gasteiger partial charge in [0.15, 0.2) is 0 Å². The summed E-state index contributed by atoms with van der Waals surface area (Å²) >= 11 is 0. The summed E-state index contributed by atoms with van der Waals surface area (Å²) in [5.41, 5.74) is 0. The maximum absolute atomic E-state index is 5.58. The SMILES string of the molecule is COCCNCCN1CC(C)OCC1C. The topological polar surface area (TPSA) is 33.7 Å². The minimum atomic E-state index is 0.375. The van der Waals surface area contributed by atoms with Gasteiger partial charge in [0.05, 0.1) is 19.3 Å². The van der Waals surface area contributed by atoms with Gasteiger partial charge in [-0.15, -0.1) is 0 Å². The van der Waals surface area contributed by atoms with Crippen molar-refractivity contribution in [2.45, 2.75) is 26.0 Å². The van der Waals surface area contributed by atoms with E-state index in [1.807, 2.05) is 0 Å². The van der Waals surface area contributed by atoms with Crippen LogP contribution in [0.15, 0.2) is 0 Å². The van der Waals surface area contributed by atoms with Gasteiger partial charge < -0.3 is 14.8 Å². The molecule has 1 aliphatic rings. The van der Waals surface area contributed by atoms with E-state index >= 15 is 0 Å². The largest absolute Gasteiger partial charge is 0.383 e. The van der Waals surface area contributed by atoms with Crippen molar-refractivity contribution in [3.8, 4) is 0 Å². The fourth-order valence-corrected chi connectivity index (χ4v) is 1.81. The molecule has 4 nitrogen and oxygen atoms in total. The van der Waals surface area contributed by atoms with Crippen molar-refractivity contribution >= 4 is 0 Å². The highest BCUT2D eigenvalue weighted by Gasteiger charge is 2.22. The molecule has 1 N–H and O–H groups in total. The quantitative estimate of drug-likeness (QED) is 0.649. The van der Waals surface area contributed by atoms with Crippen molar-refractivity contribution in [2.24, 2.45) is 0 Å². The second-order valence-electron chi connectivity index (χ2n) is 4.23. The third kappa shape index (κ3) is 4.93. The molecular formula is C11H24N2O2. The molecule has 0 radical (unpaired) electrons. The summed E-state index contributed by atoms with van der Waals surface area (Å²) in [6, 6.07) is 0.547. The molecule has 4 heteroatoms. The Kier molecular flexibility index (Phi) is 6.17. The molecular weight excluding hydrogens is 192 g/mol. The lowest BCUT2D eigenvalue weighted by Crippen LogP contribution is -2.49. The second-order valence-corrected chi connectivity index (χ2v) is 4.23. The van der Waals surface area contributed by atoms with Crippen molar-refractivity contribution in [3.05, 3.63) is 0 Å². The molecule has 0 aromatic heterocycles. The molecule has 0 amide bonds. The van der Waals surface area contributed by atoms with Crippen LogP contribution < -0.4 is 5.32 Å². The Morgan fingerprint density at radius 1 is 1.40 bits per heavy atom. The Labute approximate surface area is 92.9 Å². The van der Waals surface area contributed by atoms with E-state index in [1.54, 1.807) is 7.11 Å². The zero-order valence-electron chi connectivity index (χ0n) is 10.2. The molecule has 1 aliphatic heterocycles. The number of nitrogens with zero attached hydrogens (tertiary/aromatic N) is 1. The van der Waals surface area contributed by atoms with Crippen LogP contribution in [0.25, 0.3) is 0 Å². The summed E-state index contributed by atoms with van der Waals surface area (Å²) in [7, 11) is 1.73. The van der Waals surface area contributed by atoms with Crippen molar-refractivity contribution in [1.82, 2.24) is 10.2 Å². The molecule has 1 fully saturated rings. The fourth-order valence-electron chi connectivity index (χ4n) is 1.81. The van der Waals surface area contributed by atoms with Crippen LogP contribution in [0.4, 0.5) is 0 Å². The van der Waals surface area contributed by atoms with E-state index in [0.717, 1.165) is 39.4 Å². The molecule has 0 aliphatic carbocycles. The molecule has 1 heterocycles. The molecule has 1 rings (SSSR count). The summed E-state index contributed by atoms with van der Waals surface area (Å²) in [5, 5.41) is 3.36. The number of nitrogens with one attached hydrogen (secondary N) is 1. The lowest BCUT2D eigenvalue weighted by atomic mass is 10.2. The van der Waals surface area contributed by atoms with Gasteiger partial charge in [0.2, 0.25) is 0 Å². The van der Waals surface area contributed by atoms with Crippen LogP contribution in [0.2, 0.25) is 0 Å². The molecule has 90 valence electrons. The third-order valence-corrected chi connectivity index (χ3v) is 2.80. The summed E-state index contributed by atoms with van der Waals surface area (Å²) in [6.07, 6.45) is 0.375. The van der Waals surface area contributed by atoms with E-state index in [9.17, 15) is 0 Å². The lowest BCUT2D eigenvalue weighted by Gasteiger charge is -2.36. The Morgan fingerprint density at radius 3 is 2.93 bits per heavy atom. The average molecular weight is 216 g/mol. The van der Waals surface area contributed by atoms with E-state index < -0.39 is 0 Å².